The Morgan fingerprint density at radius 3 is 2.85 bits per heavy atom. The minimum Gasteiger partial charge on any atom is -0.390 e. The summed E-state index contributed by atoms with van der Waals surface area (Å²) in [5.74, 6) is 0.0103. The van der Waals surface area contributed by atoms with Crippen LogP contribution >= 0.6 is 0 Å². The maximum atomic E-state index is 10.6. The molecule has 4 fully saturated rings. The van der Waals surface area contributed by atoms with E-state index >= 15 is 0 Å². The molecule has 6 nitrogen and oxygen atoms in total. The van der Waals surface area contributed by atoms with Crippen LogP contribution in [0.3, 0.4) is 0 Å². The molecule has 0 spiro atoms. The first kappa shape index (κ1) is 13.4. The van der Waals surface area contributed by atoms with Crippen molar-refractivity contribution in [2.75, 3.05) is 13.2 Å². The summed E-state index contributed by atoms with van der Waals surface area (Å²) in [6.07, 6.45) is -0.278. The Morgan fingerprint density at radius 2 is 2.10 bits per heavy atom. The lowest BCUT2D eigenvalue weighted by molar-refractivity contribution is -0.242. The third-order valence-electron chi connectivity index (χ3n) is 4.66. The third kappa shape index (κ3) is 1.94. The molecule has 0 amide bonds. The van der Waals surface area contributed by atoms with Crippen molar-refractivity contribution in [1.29, 1.82) is 0 Å². The van der Waals surface area contributed by atoms with Crippen molar-refractivity contribution >= 4 is 0 Å². The summed E-state index contributed by atoms with van der Waals surface area (Å²) in [5, 5.41) is 12.5. The van der Waals surface area contributed by atoms with Gasteiger partial charge >= 0.3 is 0 Å². The monoisotopic (exact) mass is 285 g/mol. The van der Waals surface area contributed by atoms with Gasteiger partial charge in [-0.05, 0) is 27.2 Å². The second kappa shape index (κ2) is 4.38. The Labute approximate surface area is 118 Å². The van der Waals surface area contributed by atoms with Crippen molar-refractivity contribution in [2.45, 2.75) is 69.5 Å². The van der Waals surface area contributed by atoms with Gasteiger partial charge in [0.25, 0.3) is 0 Å². The van der Waals surface area contributed by atoms with Gasteiger partial charge in [-0.3, -0.25) is 4.84 Å². The second-order valence-electron chi connectivity index (χ2n) is 7.20. The van der Waals surface area contributed by atoms with Crippen LogP contribution in [0, 0.1) is 5.92 Å². The molecule has 4 saturated heterocycles. The topological polar surface area (TPSA) is 60.4 Å². The molecule has 4 rings (SSSR count). The first-order chi connectivity index (χ1) is 9.44. The van der Waals surface area contributed by atoms with Crippen LogP contribution in [0.5, 0.6) is 0 Å². The fraction of sp³-hybridized carbons (Fsp3) is 1.00. The van der Waals surface area contributed by atoms with Crippen molar-refractivity contribution in [3.05, 3.63) is 0 Å². The maximum absolute atomic E-state index is 10.6. The summed E-state index contributed by atoms with van der Waals surface area (Å²) in [6, 6.07) is 0.102. The van der Waals surface area contributed by atoms with Gasteiger partial charge in [0.1, 0.15) is 12.2 Å². The van der Waals surface area contributed by atoms with Crippen LogP contribution in [0.15, 0.2) is 0 Å². The van der Waals surface area contributed by atoms with Crippen LogP contribution in [-0.4, -0.2) is 65.7 Å². The molecular formula is C14H23NO5. The maximum Gasteiger partial charge on any atom is 0.186 e. The highest BCUT2D eigenvalue weighted by molar-refractivity contribution is 5.06. The third-order valence-corrected chi connectivity index (χ3v) is 4.66. The zero-order valence-electron chi connectivity index (χ0n) is 12.2. The van der Waals surface area contributed by atoms with Gasteiger partial charge in [-0.2, -0.15) is 5.06 Å². The summed E-state index contributed by atoms with van der Waals surface area (Å²) in [4.78, 5) is 5.98. The molecule has 1 N–H and O–H groups in total. The van der Waals surface area contributed by atoms with Crippen LogP contribution in [0.4, 0.5) is 0 Å². The molecule has 0 aromatic heterocycles. The van der Waals surface area contributed by atoms with Gasteiger partial charge in [0, 0.05) is 12.5 Å². The summed E-state index contributed by atoms with van der Waals surface area (Å²) in [6.45, 7) is 7.49. The first-order valence-corrected chi connectivity index (χ1v) is 7.50. The van der Waals surface area contributed by atoms with Crippen molar-refractivity contribution in [2.24, 2.45) is 5.92 Å². The zero-order valence-corrected chi connectivity index (χ0v) is 12.2. The van der Waals surface area contributed by atoms with E-state index in [-0.39, 0.29) is 42.2 Å². The molecule has 2 bridgehead atoms. The van der Waals surface area contributed by atoms with Crippen LogP contribution < -0.4 is 0 Å². The molecular weight excluding hydrogens is 262 g/mol. The predicted octanol–water partition coefficient (Wildman–Crippen LogP) is 0.290. The van der Waals surface area contributed by atoms with Crippen LogP contribution in [0.25, 0.3) is 0 Å². The smallest absolute Gasteiger partial charge is 0.186 e. The Bertz CT molecular complexity index is 398. The fourth-order valence-corrected chi connectivity index (χ4v) is 3.99. The number of rotatable bonds is 1. The molecule has 20 heavy (non-hydrogen) atoms. The number of hydrogen-bond acceptors (Lipinski definition) is 6. The molecule has 0 saturated carbocycles. The number of nitrogens with zero attached hydrogens (tertiary/aromatic N) is 1. The van der Waals surface area contributed by atoms with E-state index in [4.69, 9.17) is 19.0 Å². The lowest BCUT2D eigenvalue weighted by atomic mass is 9.83. The van der Waals surface area contributed by atoms with Gasteiger partial charge in [-0.25, -0.2) is 0 Å². The van der Waals surface area contributed by atoms with Gasteiger partial charge in [0.05, 0.1) is 30.5 Å². The van der Waals surface area contributed by atoms with Crippen molar-refractivity contribution < 1.29 is 24.2 Å². The van der Waals surface area contributed by atoms with Crippen molar-refractivity contribution in [1.82, 2.24) is 5.06 Å². The summed E-state index contributed by atoms with van der Waals surface area (Å²) < 4.78 is 17.4. The molecule has 0 radical (unpaired) electrons. The number of aliphatic hydroxyl groups excluding tert-OH is 1. The number of ether oxygens (including phenoxy) is 3. The molecule has 0 aliphatic carbocycles. The van der Waals surface area contributed by atoms with Crippen LogP contribution in [0.2, 0.25) is 0 Å². The minimum atomic E-state index is -0.544. The van der Waals surface area contributed by atoms with Gasteiger partial charge < -0.3 is 19.3 Å². The van der Waals surface area contributed by atoms with E-state index < -0.39 is 6.10 Å². The van der Waals surface area contributed by atoms with E-state index in [1.54, 1.807) is 0 Å². The number of hydrogen-bond donors (Lipinski definition) is 1. The summed E-state index contributed by atoms with van der Waals surface area (Å²) >= 11 is 0. The lowest BCUT2D eigenvalue weighted by Gasteiger charge is -2.37. The van der Waals surface area contributed by atoms with E-state index in [9.17, 15) is 5.11 Å². The van der Waals surface area contributed by atoms with Crippen molar-refractivity contribution in [3.63, 3.8) is 0 Å². The Morgan fingerprint density at radius 1 is 1.30 bits per heavy atom. The first-order valence-electron chi connectivity index (χ1n) is 7.50. The number of aliphatic hydroxyl groups is 1. The molecule has 114 valence electrons. The van der Waals surface area contributed by atoms with Gasteiger partial charge in [0.15, 0.2) is 6.29 Å². The Hall–Kier alpha value is -0.240. The normalized spacial score (nSPS) is 51.3. The Balaban J connectivity index is 1.59. The highest BCUT2D eigenvalue weighted by Crippen LogP contribution is 2.46. The van der Waals surface area contributed by atoms with Gasteiger partial charge in [-0.15, -0.1) is 0 Å². The van der Waals surface area contributed by atoms with Crippen molar-refractivity contribution in [3.8, 4) is 0 Å². The summed E-state index contributed by atoms with van der Waals surface area (Å²) in [5.41, 5.74) is -0.190. The lowest BCUT2D eigenvalue weighted by Crippen LogP contribution is -2.53. The van der Waals surface area contributed by atoms with E-state index in [0.717, 1.165) is 13.0 Å². The van der Waals surface area contributed by atoms with E-state index in [2.05, 4.69) is 20.8 Å². The molecule has 7 atom stereocenters. The largest absolute Gasteiger partial charge is 0.390 e. The van der Waals surface area contributed by atoms with Crippen LogP contribution in [0.1, 0.15) is 27.2 Å². The average molecular weight is 285 g/mol. The predicted molar refractivity (Wildman–Crippen MR) is 68.7 cm³/mol. The quantitative estimate of drug-likeness (QED) is 0.747. The summed E-state index contributed by atoms with van der Waals surface area (Å²) in [7, 11) is 0. The fourth-order valence-electron chi connectivity index (χ4n) is 3.99. The molecule has 6 heteroatoms. The highest BCUT2D eigenvalue weighted by Gasteiger charge is 2.62. The number of fused-ring (bicyclic) bond motifs is 6. The SMILES string of the molecule is CC(C)(C)O[C@H]1CCN2O[C@H]3[C@@H]4OC[C@@H](O4)[C@H](O)[C@H]3[C@H]12. The minimum absolute atomic E-state index is 0.0103. The average Bonchev–Trinajstić information content (AvgIpc) is 2.99. The zero-order chi connectivity index (χ0) is 14.1. The molecule has 4 aliphatic rings. The van der Waals surface area contributed by atoms with E-state index in [1.165, 1.54) is 0 Å². The second-order valence-corrected chi connectivity index (χ2v) is 7.20. The number of hydroxylamine groups is 2. The molecule has 4 aliphatic heterocycles. The van der Waals surface area contributed by atoms with E-state index in [1.807, 2.05) is 5.06 Å². The van der Waals surface area contributed by atoms with Gasteiger partial charge in [-0.1, -0.05) is 0 Å². The standard InChI is InChI=1S/C14H23NO5/c1-14(2,3)19-7-4-5-15-10(7)9-11(16)8-6-17-13(18-8)12(9)20-15/h7-13,16H,4-6H2,1-3H3/t7-,8+,9+,10-,11-,12+,13+/m0/s1. The van der Waals surface area contributed by atoms with Gasteiger partial charge in [0.2, 0.25) is 0 Å². The molecule has 4 heterocycles. The van der Waals surface area contributed by atoms with Crippen LogP contribution in [-0.2, 0) is 19.0 Å². The molecule has 0 aromatic rings. The molecule has 0 aromatic carbocycles. The highest BCUT2D eigenvalue weighted by atomic mass is 16.8. The molecule has 0 unspecified atom stereocenters. The Kier molecular flexibility index (Phi) is 2.94. The van der Waals surface area contributed by atoms with E-state index in [0.29, 0.717) is 6.61 Å².